The molecule has 2 aromatic carbocycles. The van der Waals surface area contributed by atoms with Crippen LogP contribution in [0.5, 0.6) is 17.4 Å². The molecule has 1 aliphatic rings. The van der Waals surface area contributed by atoms with Crippen LogP contribution < -0.4 is 25.6 Å². The van der Waals surface area contributed by atoms with E-state index in [1.807, 2.05) is 57.2 Å². The molecule has 1 aliphatic carbocycles. The van der Waals surface area contributed by atoms with Crippen LogP contribution in [0.1, 0.15) is 75.9 Å². The first-order valence-corrected chi connectivity index (χ1v) is 13.9. The summed E-state index contributed by atoms with van der Waals surface area (Å²) < 4.78 is 17.3. The number of nitrogens with one attached hydrogen (secondary N) is 3. The van der Waals surface area contributed by atoms with Crippen molar-refractivity contribution >= 4 is 17.9 Å². The topological polar surface area (TPSA) is 128 Å². The minimum absolute atomic E-state index is 0.0583. The highest BCUT2D eigenvalue weighted by molar-refractivity contribution is 5.94. The predicted octanol–water partition coefficient (Wildman–Crippen LogP) is 5.42. The van der Waals surface area contributed by atoms with Gasteiger partial charge in [0.15, 0.2) is 0 Å². The number of carbonyl (C=O) groups is 3. The molecule has 0 aliphatic heterocycles. The zero-order valence-electron chi connectivity index (χ0n) is 24.8. The minimum Gasteiger partial charge on any atom is -0.490 e. The highest BCUT2D eigenvalue weighted by Gasteiger charge is 2.33. The Morgan fingerprint density at radius 3 is 1.93 bits per heavy atom. The summed E-state index contributed by atoms with van der Waals surface area (Å²) in [6.45, 7) is 11.1. The molecule has 3 aromatic rings. The molecule has 1 aromatic heterocycles. The molecule has 1 heterocycles. The van der Waals surface area contributed by atoms with Gasteiger partial charge < -0.3 is 19.5 Å². The number of pyridine rings is 1. The van der Waals surface area contributed by atoms with E-state index in [1.54, 1.807) is 12.1 Å². The Bertz CT molecular complexity index is 1390. The van der Waals surface area contributed by atoms with E-state index < -0.39 is 17.6 Å². The number of hydrazine groups is 1. The fraction of sp³-hybridized carbons (Fsp3) is 0.375. The number of hydrogen-bond acceptors (Lipinski definition) is 7. The molecule has 0 spiro atoms. The Labute approximate surface area is 246 Å². The highest BCUT2D eigenvalue weighted by Crippen LogP contribution is 2.35. The van der Waals surface area contributed by atoms with Gasteiger partial charge in [-0.1, -0.05) is 38.1 Å². The summed E-state index contributed by atoms with van der Waals surface area (Å²) in [6, 6.07) is 19.1. The van der Waals surface area contributed by atoms with Crippen LogP contribution in [0.4, 0.5) is 4.79 Å². The van der Waals surface area contributed by atoms with Crippen LogP contribution in [0.3, 0.4) is 0 Å². The van der Waals surface area contributed by atoms with Gasteiger partial charge in [-0.2, -0.15) is 0 Å². The van der Waals surface area contributed by atoms with Crippen molar-refractivity contribution in [1.82, 2.24) is 21.2 Å². The molecule has 0 unspecified atom stereocenters. The molecule has 3 N–H and O–H groups in total. The molecule has 4 rings (SSSR count). The first kappa shape index (κ1) is 30.4. The summed E-state index contributed by atoms with van der Waals surface area (Å²) in [5, 5.41) is 2.89. The van der Waals surface area contributed by atoms with Gasteiger partial charge >= 0.3 is 6.09 Å². The monoisotopic (exact) mass is 574 g/mol. The lowest BCUT2D eigenvalue weighted by Gasteiger charge is -2.36. The van der Waals surface area contributed by atoms with Gasteiger partial charge in [-0.3, -0.25) is 20.4 Å². The van der Waals surface area contributed by atoms with Gasteiger partial charge in [0.2, 0.25) is 11.8 Å². The van der Waals surface area contributed by atoms with Crippen LogP contribution in [-0.4, -0.2) is 40.6 Å². The molecule has 222 valence electrons. The van der Waals surface area contributed by atoms with Crippen LogP contribution in [0.25, 0.3) is 0 Å². The van der Waals surface area contributed by atoms with Gasteiger partial charge in [0.1, 0.15) is 23.2 Å². The van der Waals surface area contributed by atoms with Gasteiger partial charge in [-0.05, 0) is 62.2 Å². The van der Waals surface area contributed by atoms with Crippen molar-refractivity contribution in [3.8, 4) is 17.4 Å². The van der Waals surface area contributed by atoms with Crippen molar-refractivity contribution in [2.45, 2.75) is 77.5 Å². The smallest absolute Gasteiger partial charge is 0.407 e. The van der Waals surface area contributed by atoms with E-state index in [0.29, 0.717) is 11.6 Å². The average Bonchev–Trinajstić information content (AvgIpc) is 2.90. The van der Waals surface area contributed by atoms with Crippen LogP contribution >= 0.6 is 0 Å². The molecule has 42 heavy (non-hydrogen) atoms. The van der Waals surface area contributed by atoms with E-state index in [2.05, 4.69) is 47.1 Å². The lowest BCUT2D eigenvalue weighted by Crippen LogP contribution is -2.50. The van der Waals surface area contributed by atoms with E-state index in [4.69, 9.17) is 14.2 Å². The van der Waals surface area contributed by atoms with Crippen LogP contribution in [-0.2, 0) is 14.9 Å². The Morgan fingerprint density at radius 1 is 0.810 bits per heavy atom. The molecule has 1 saturated carbocycles. The van der Waals surface area contributed by atoms with E-state index in [9.17, 15) is 14.4 Å². The molecular weight excluding hydrogens is 536 g/mol. The number of aromatic nitrogens is 1. The molecule has 0 saturated heterocycles. The van der Waals surface area contributed by atoms with Crippen molar-refractivity contribution < 1.29 is 28.6 Å². The maximum atomic E-state index is 12.0. The van der Waals surface area contributed by atoms with Crippen molar-refractivity contribution in [2.75, 3.05) is 0 Å². The fourth-order valence-electron chi connectivity index (χ4n) is 4.42. The van der Waals surface area contributed by atoms with Crippen molar-refractivity contribution in [1.29, 1.82) is 0 Å². The molecule has 3 amide bonds. The maximum absolute atomic E-state index is 12.0. The standard InChI is InChI=1S/C32H38N4O6/c1-20(37)35-36-29(38)21-7-16-28(33-19-21)41-26-14-10-23(11-15-26)32(5,6)22-8-12-25(13-9-22)40-27-17-24(18-27)34-30(39)42-31(2,3)4/h7-16,19,24,27H,17-18H2,1-6H3,(H,34,39)(H,35,37)(H,36,38). The minimum atomic E-state index is -0.515. The third kappa shape index (κ3) is 8.22. The molecular formula is C32H38N4O6. The summed E-state index contributed by atoms with van der Waals surface area (Å²) in [4.78, 5) is 39.1. The lowest BCUT2D eigenvalue weighted by atomic mass is 9.78. The van der Waals surface area contributed by atoms with E-state index in [0.717, 1.165) is 29.7 Å². The van der Waals surface area contributed by atoms with Crippen molar-refractivity contribution in [3.05, 3.63) is 83.6 Å². The summed E-state index contributed by atoms with van der Waals surface area (Å²) in [5.41, 5.74) is 6.27. The Balaban J connectivity index is 1.28. The maximum Gasteiger partial charge on any atom is 0.407 e. The number of carbonyl (C=O) groups excluding carboxylic acids is 3. The SMILES string of the molecule is CC(=O)NNC(=O)c1ccc(Oc2ccc(C(C)(C)c3ccc(OC4CC(NC(=O)OC(C)(C)C)C4)cc3)cc2)nc1. The number of alkyl carbamates (subject to hydrolysis) is 1. The van der Waals surface area contributed by atoms with Gasteiger partial charge in [-0.15, -0.1) is 0 Å². The van der Waals surface area contributed by atoms with Crippen LogP contribution in [0, 0.1) is 0 Å². The first-order valence-electron chi connectivity index (χ1n) is 13.9. The summed E-state index contributed by atoms with van der Waals surface area (Å²) in [5.74, 6) is 0.904. The van der Waals surface area contributed by atoms with Gasteiger partial charge in [0.25, 0.3) is 5.91 Å². The fourth-order valence-corrected chi connectivity index (χ4v) is 4.42. The van der Waals surface area contributed by atoms with E-state index in [1.165, 1.54) is 13.1 Å². The number of nitrogens with zero attached hydrogens (tertiary/aromatic N) is 1. The lowest BCUT2D eigenvalue weighted by molar-refractivity contribution is -0.119. The molecule has 0 bridgehead atoms. The second-order valence-corrected chi connectivity index (χ2v) is 11.9. The molecule has 10 nitrogen and oxygen atoms in total. The second kappa shape index (κ2) is 12.5. The van der Waals surface area contributed by atoms with Gasteiger partial charge in [-0.25, -0.2) is 9.78 Å². The largest absolute Gasteiger partial charge is 0.490 e. The Morgan fingerprint density at radius 2 is 1.40 bits per heavy atom. The quantitative estimate of drug-likeness (QED) is 0.307. The van der Waals surface area contributed by atoms with Gasteiger partial charge in [0, 0.05) is 43.5 Å². The molecule has 1 fully saturated rings. The third-order valence-electron chi connectivity index (χ3n) is 6.84. The summed E-state index contributed by atoms with van der Waals surface area (Å²) in [6.07, 6.45) is 2.53. The molecule has 10 heteroatoms. The number of rotatable bonds is 8. The number of benzene rings is 2. The van der Waals surface area contributed by atoms with Gasteiger partial charge in [0.05, 0.1) is 5.56 Å². The van der Waals surface area contributed by atoms with Crippen molar-refractivity contribution in [3.63, 3.8) is 0 Å². The number of hydrogen-bond donors (Lipinski definition) is 3. The average molecular weight is 575 g/mol. The van der Waals surface area contributed by atoms with Crippen molar-refractivity contribution in [2.24, 2.45) is 0 Å². The zero-order valence-corrected chi connectivity index (χ0v) is 24.8. The number of amides is 3. The highest BCUT2D eigenvalue weighted by atomic mass is 16.6. The molecule has 0 radical (unpaired) electrons. The summed E-state index contributed by atoms with van der Waals surface area (Å²) >= 11 is 0. The van der Waals surface area contributed by atoms with Crippen LogP contribution in [0.15, 0.2) is 66.9 Å². The van der Waals surface area contributed by atoms with E-state index in [-0.39, 0.29) is 29.0 Å². The Kier molecular flexibility index (Phi) is 9.04. The predicted molar refractivity (Wildman–Crippen MR) is 157 cm³/mol. The third-order valence-corrected chi connectivity index (χ3v) is 6.84. The summed E-state index contributed by atoms with van der Waals surface area (Å²) in [7, 11) is 0. The Hall–Kier alpha value is -4.60. The van der Waals surface area contributed by atoms with Crippen LogP contribution in [0.2, 0.25) is 0 Å². The normalized spacial score (nSPS) is 16.4. The molecule has 0 atom stereocenters. The second-order valence-electron chi connectivity index (χ2n) is 11.9. The zero-order chi connectivity index (χ0) is 30.5. The number of ether oxygens (including phenoxy) is 3. The van der Waals surface area contributed by atoms with E-state index >= 15 is 0 Å². The first-order chi connectivity index (χ1) is 19.8.